The van der Waals surface area contributed by atoms with Gasteiger partial charge in [-0.2, -0.15) is 18.2 Å². The molecule has 6 rings (SSSR count). The SMILES string of the molecule is CN(C)CC1=C/C(=C2\C=C3CC[C@@H]4[C@H](CC[C@]5(C)C(=O)CC[C@@H]45)C3=C[CH-]2)C=C1.[Fe+2].c1cc[cH-]c1. The zero-order chi connectivity index (χ0) is 23.0. The van der Waals surface area contributed by atoms with Gasteiger partial charge in [-0.3, -0.25) is 4.79 Å². The van der Waals surface area contributed by atoms with E-state index in [1.807, 2.05) is 30.3 Å². The first-order valence-electron chi connectivity index (χ1n) is 12.7. The molecule has 3 saturated carbocycles. The van der Waals surface area contributed by atoms with Crippen molar-refractivity contribution < 1.29 is 21.9 Å². The number of carbonyl (C=O) groups excluding carboxylic acids is 1. The fourth-order valence-corrected chi connectivity index (χ4v) is 6.99. The van der Waals surface area contributed by atoms with Gasteiger partial charge < -0.3 is 4.90 Å². The second kappa shape index (κ2) is 10.4. The number of hydrogen-bond donors (Lipinski definition) is 0. The van der Waals surface area contributed by atoms with Crippen LogP contribution in [0.4, 0.5) is 0 Å². The zero-order valence-corrected chi connectivity index (χ0v) is 21.8. The average molecular weight is 495 g/mol. The number of hydrogen-bond acceptors (Lipinski definition) is 2. The van der Waals surface area contributed by atoms with Gasteiger partial charge in [0.1, 0.15) is 5.78 Å². The van der Waals surface area contributed by atoms with Crippen LogP contribution < -0.4 is 0 Å². The van der Waals surface area contributed by atoms with E-state index in [-0.39, 0.29) is 22.5 Å². The van der Waals surface area contributed by atoms with Crippen molar-refractivity contribution in [2.24, 2.45) is 23.2 Å². The first-order chi connectivity index (χ1) is 16.0. The van der Waals surface area contributed by atoms with Crippen LogP contribution >= 0.6 is 0 Å². The summed E-state index contributed by atoms with van der Waals surface area (Å²) in [6, 6.07) is 10.0. The molecule has 2 nitrogen and oxygen atoms in total. The van der Waals surface area contributed by atoms with Crippen molar-refractivity contribution in [3.05, 3.63) is 95.0 Å². The van der Waals surface area contributed by atoms with Crippen LogP contribution in [0.1, 0.15) is 45.4 Å². The van der Waals surface area contributed by atoms with E-state index in [1.165, 1.54) is 36.0 Å². The van der Waals surface area contributed by atoms with Crippen LogP contribution in [-0.2, 0) is 21.9 Å². The number of Topliss-reactive ketones (excluding diaryl/α,β-unsaturated/α-hetero) is 1. The van der Waals surface area contributed by atoms with Crippen LogP contribution in [-0.4, -0.2) is 31.3 Å². The monoisotopic (exact) mass is 495 g/mol. The second-order valence-corrected chi connectivity index (χ2v) is 11.0. The van der Waals surface area contributed by atoms with Crippen molar-refractivity contribution in [1.82, 2.24) is 4.90 Å². The van der Waals surface area contributed by atoms with Gasteiger partial charge in [-0.25, -0.2) is 12.1 Å². The van der Waals surface area contributed by atoms with Gasteiger partial charge in [0.25, 0.3) is 0 Å². The fraction of sp³-hybridized carbons (Fsp3) is 0.452. The van der Waals surface area contributed by atoms with E-state index in [2.05, 4.69) is 62.7 Å². The Bertz CT molecular complexity index is 1030. The smallest absolute Gasteiger partial charge is 0.305 e. The summed E-state index contributed by atoms with van der Waals surface area (Å²) in [5.41, 5.74) is 7.22. The first kappa shape index (κ1) is 25.2. The second-order valence-electron chi connectivity index (χ2n) is 11.0. The molecule has 5 aliphatic rings. The molecule has 3 heteroatoms. The normalized spacial score (nSPS) is 33.4. The maximum Gasteiger partial charge on any atom is 2.00 e. The van der Waals surface area contributed by atoms with Gasteiger partial charge >= 0.3 is 17.1 Å². The van der Waals surface area contributed by atoms with E-state index >= 15 is 0 Å². The summed E-state index contributed by atoms with van der Waals surface area (Å²) in [6.45, 7) is 3.26. The molecule has 0 N–H and O–H groups in total. The average Bonchev–Trinajstić information content (AvgIpc) is 3.56. The van der Waals surface area contributed by atoms with Crippen molar-refractivity contribution >= 4 is 5.78 Å². The molecule has 0 heterocycles. The van der Waals surface area contributed by atoms with Crippen LogP contribution in [0.3, 0.4) is 0 Å². The number of nitrogens with zero attached hydrogens (tertiary/aromatic N) is 1. The summed E-state index contributed by atoms with van der Waals surface area (Å²) < 4.78 is 0. The Morgan fingerprint density at radius 2 is 1.85 bits per heavy atom. The molecule has 180 valence electrons. The molecule has 0 aromatic heterocycles. The maximum atomic E-state index is 12.5. The van der Waals surface area contributed by atoms with Crippen molar-refractivity contribution in [2.75, 3.05) is 20.6 Å². The Kier molecular flexibility index (Phi) is 7.67. The molecule has 0 unspecified atom stereocenters. The molecule has 0 aliphatic heterocycles. The number of rotatable bonds is 2. The Morgan fingerprint density at radius 3 is 2.56 bits per heavy atom. The van der Waals surface area contributed by atoms with Crippen LogP contribution in [0.25, 0.3) is 0 Å². The van der Waals surface area contributed by atoms with Crippen molar-refractivity contribution in [3.8, 4) is 0 Å². The number of fused-ring (bicyclic) bond motifs is 5. The zero-order valence-electron chi connectivity index (χ0n) is 20.7. The van der Waals surface area contributed by atoms with Crippen molar-refractivity contribution in [3.63, 3.8) is 0 Å². The van der Waals surface area contributed by atoms with Gasteiger partial charge in [0.2, 0.25) is 0 Å². The van der Waals surface area contributed by atoms with Crippen molar-refractivity contribution in [1.29, 1.82) is 0 Å². The van der Waals surface area contributed by atoms with E-state index in [4.69, 9.17) is 0 Å². The summed E-state index contributed by atoms with van der Waals surface area (Å²) in [5.74, 6) is 2.55. The molecule has 0 bridgehead atoms. The van der Waals surface area contributed by atoms with Crippen LogP contribution in [0.5, 0.6) is 0 Å². The van der Waals surface area contributed by atoms with E-state index in [9.17, 15) is 4.79 Å². The van der Waals surface area contributed by atoms with Gasteiger partial charge in [-0.1, -0.05) is 37.1 Å². The fourth-order valence-electron chi connectivity index (χ4n) is 6.99. The van der Waals surface area contributed by atoms with Gasteiger partial charge in [0.15, 0.2) is 0 Å². The van der Waals surface area contributed by atoms with Crippen LogP contribution in [0.2, 0.25) is 0 Å². The molecule has 0 radical (unpaired) electrons. The number of ketones is 1. The minimum absolute atomic E-state index is 0. The topological polar surface area (TPSA) is 20.3 Å². The third-order valence-corrected chi connectivity index (χ3v) is 8.64. The first-order valence-corrected chi connectivity index (χ1v) is 12.7. The van der Waals surface area contributed by atoms with E-state index in [1.54, 1.807) is 11.1 Å². The van der Waals surface area contributed by atoms with Crippen LogP contribution in [0, 0.1) is 29.6 Å². The van der Waals surface area contributed by atoms with Crippen molar-refractivity contribution in [2.45, 2.75) is 45.4 Å². The van der Waals surface area contributed by atoms with Gasteiger partial charge in [0.05, 0.1) is 0 Å². The summed E-state index contributed by atoms with van der Waals surface area (Å²) in [6.07, 6.45) is 20.7. The van der Waals surface area contributed by atoms with E-state index in [0.29, 0.717) is 23.5 Å². The summed E-state index contributed by atoms with van der Waals surface area (Å²) >= 11 is 0. The molecule has 1 aromatic carbocycles. The third-order valence-electron chi connectivity index (χ3n) is 8.64. The van der Waals surface area contributed by atoms with E-state index < -0.39 is 0 Å². The number of likely N-dealkylation sites (N-methyl/N-ethyl adjacent to an activating group) is 1. The van der Waals surface area contributed by atoms with Gasteiger partial charge in [0, 0.05) is 18.4 Å². The summed E-state index contributed by atoms with van der Waals surface area (Å²) in [5, 5.41) is 0. The van der Waals surface area contributed by atoms with E-state index in [0.717, 1.165) is 25.8 Å². The van der Waals surface area contributed by atoms with Gasteiger partial charge in [-0.05, 0) is 63.1 Å². The summed E-state index contributed by atoms with van der Waals surface area (Å²) in [4.78, 5) is 14.7. The molecular weight excluding hydrogens is 458 g/mol. The molecule has 1 aromatic rings. The van der Waals surface area contributed by atoms with Crippen LogP contribution in [0.15, 0.2) is 88.6 Å². The third kappa shape index (κ3) is 4.76. The number of carbonyl (C=O) groups is 1. The number of allylic oxidation sites excluding steroid dienone is 8. The predicted molar refractivity (Wildman–Crippen MR) is 137 cm³/mol. The Labute approximate surface area is 216 Å². The molecule has 3 fully saturated rings. The molecule has 4 atom stereocenters. The largest absolute Gasteiger partial charge is 2.00 e. The molecule has 34 heavy (non-hydrogen) atoms. The summed E-state index contributed by atoms with van der Waals surface area (Å²) in [7, 11) is 4.24. The Morgan fingerprint density at radius 1 is 1.06 bits per heavy atom. The quantitative estimate of drug-likeness (QED) is 0.340. The molecule has 0 amide bonds. The maximum absolute atomic E-state index is 12.5. The molecule has 5 aliphatic carbocycles. The van der Waals surface area contributed by atoms with Gasteiger partial charge in [-0.15, -0.1) is 35.3 Å². The predicted octanol–water partition coefficient (Wildman–Crippen LogP) is 6.62. The Hall–Kier alpha value is -1.93. The Balaban J connectivity index is 0.000000407. The molecule has 0 spiro atoms. The minimum atomic E-state index is -0.0171. The standard InChI is InChI=1S/C26H32NO.C5H5.Fe/c1-26-13-12-22-21-8-6-19(18-5-4-17(14-18)16-27(2)3)15-20(21)7-9-23(22)24(26)10-11-25(26)28;1-2-4-5-3-1;/h4-6,8,14-15,22-24H,7,9-13,16H2,1-3H3;1-5H;/q2*-1;+2/b19-18-;;/t22-,23-,24+,26+;;/m1../s1. The molecular formula is C31H37FeNO. The molecule has 0 saturated heterocycles. The minimum Gasteiger partial charge on any atom is -0.305 e.